The van der Waals surface area contributed by atoms with Gasteiger partial charge >= 0.3 is 0 Å². The molecule has 162 valence electrons. The number of hydrogen-bond acceptors (Lipinski definition) is 5. The molecule has 1 N–H and O–H groups in total. The molecule has 0 aliphatic carbocycles. The van der Waals surface area contributed by atoms with Gasteiger partial charge in [-0.2, -0.15) is 0 Å². The minimum absolute atomic E-state index is 0.0806. The highest BCUT2D eigenvalue weighted by Crippen LogP contribution is 2.28. The number of carbonyl (C=O) groups excluding carboxylic acids is 1. The van der Waals surface area contributed by atoms with Gasteiger partial charge in [0.05, 0.1) is 13.2 Å². The van der Waals surface area contributed by atoms with E-state index in [2.05, 4.69) is 20.7 Å². The summed E-state index contributed by atoms with van der Waals surface area (Å²) in [5.74, 6) is -0.0288. The maximum atomic E-state index is 13.0. The Morgan fingerprint density at radius 3 is 2.43 bits per heavy atom. The molecule has 1 amide bonds. The average Bonchev–Trinajstić information content (AvgIpc) is 2.75. The Morgan fingerprint density at radius 1 is 1.17 bits per heavy atom. The van der Waals surface area contributed by atoms with E-state index in [-0.39, 0.29) is 22.7 Å². The molecule has 0 radical (unpaired) electrons. The van der Waals surface area contributed by atoms with E-state index < -0.39 is 10.0 Å². The molecule has 2 aromatic carbocycles. The monoisotopic (exact) mass is 496 g/mol. The molecule has 7 nitrogen and oxygen atoms in total. The molecule has 1 saturated heterocycles. The van der Waals surface area contributed by atoms with Crippen molar-refractivity contribution in [2.45, 2.75) is 30.8 Å². The Bertz CT molecular complexity index is 987. The van der Waals surface area contributed by atoms with Crippen LogP contribution in [0.1, 0.15) is 30.1 Å². The number of methoxy groups -OCH3 is 1. The zero-order valence-corrected chi connectivity index (χ0v) is 19.3. The van der Waals surface area contributed by atoms with Crippen LogP contribution in [0.5, 0.6) is 5.75 Å². The van der Waals surface area contributed by atoms with Crippen LogP contribution in [0.4, 0.5) is 5.69 Å². The van der Waals surface area contributed by atoms with Crippen molar-refractivity contribution in [3.63, 3.8) is 0 Å². The average molecular weight is 497 g/mol. The van der Waals surface area contributed by atoms with Crippen LogP contribution in [0.25, 0.3) is 0 Å². The number of ether oxygens (including phenoxy) is 2. The highest BCUT2D eigenvalue weighted by Gasteiger charge is 2.26. The summed E-state index contributed by atoms with van der Waals surface area (Å²) in [5.41, 5.74) is 0.719. The number of rotatable bonds is 7. The lowest BCUT2D eigenvalue weighted by Crippen LogP contribution is -2.41. The van der Waals surface area contributed by atoms with Gasteiger partial charge in [-0.15, -0.1) is 0 Å². The number of hydrogen-bond donors (Lipinski definition) is 1. The molecule has 9 heteroatoms. The molecule has 0 spiro atoms. The van der Waals surface area contributed by atoms with Gasteiger partial charge in [-0.3, -0.25) is 9.52 Å². The summed E-state index contributed by atoms with van der Waals surface area (Å²) in [7, 11) is -2.56. The zero-order chi connectivity index (χ0) is 21.7. The largest absolute Gasteiger partial charge is 0.495 e. The van der Waals surface area contributed by atoms with Gasteiger partial charge in [0, 0.05) is 35.4 Å². The van der Waals surface area contributed by atoms with E-state index in [4.69, 9.17) is 9.47 Å². The molecule has 2 aromatic rings. The number of likely N-dealkylation sites (tertiary alicyclic amines) is 1. The minimum atomic E-state index is -3.95. The molecule has 1 heterocycles. The first-order chi connectivity index (χ1) is 14.3. The molecule has 3 rings (SSSR count). The summed E-state index contributed by atoms with van der Waals surface area (Å²) >= 11 is 3.32. The van der Waals surface area contributed by atoms with Crippen molar-refractivity contribution < 1.29 is 22.7 Å². The van der Waals surface area contributed by atoms with Gasteiger partial charge < -0.3 is 14.4 Å². The lowest BCUT2D eigenvalue weighted by molar-refractivity contribution is 0.0146. The van der Waals surface area contributed by atoms with Crippen LogP contribution < -0.4 is 9.46 Å². The Labute approximate surface area is 185 Å². The fourth-order valence-electron chi connectivity index (χ4n) is 3.39. The second-order valence-corrected chi connectivity index (χ2v) is 9.49. The van der Waals surface area contributed by atoms with Crippen molar-refractivity contribution >= 4 is 37.5 Å². The summed E-state index contributed by atoms with van der Waals surface area (Å²) in [6, 6.07) is 11.2. The van der Waals surface area contributed by atoms with Crippen LogP contribution >= 0.6 is 15.9 Å². The Morgan fingerprint density at radius 2 is 1.83 bits per heavy atom. The number of amides is 1. The molecule has 1 fully saturated rings. The smallest absolute Gasteiger partial charge is 0.265 e. The van der Waals surface area contributed by atoms with Gasteiger partial charge in [-0.1, -0.05) is 15.9 Å². The highest BCUT2D eigenvalue weighted by molar-refractivity contribution is 9.10. The van der Waals surface area contributed by atoms with Gasteiger partial charge in [0.1, 0.15) is 10.6 Å². The number of carbonyl (C=O) groups is 1. The fraction of sp³-hybridized carbons (Fsp3) is 0.381. The highest BCUT2D eigenvalue weighted by atomic mass is 79.9. The molecule has 0 aromatic heterocycles. The first-order valence-corrected chi connectivity index (χ1v) is 12.0. The van der Waals surface area contributed by atoms with Gasteiger partial charge in [0.25, 0.3) is 15.9 Å². The van der Waals surface area contributed by atoms with E-state index >= 15 is 0 Å². The fourth-order valence-corrected chi connectivity index (χ4v) is 4.91. The molecule has 0 bridgehead atoms. The Kier molecular flexibility index (Phi) is 7.38. The van der Waals surface area contributed by atoms with Gasteiger partial charge in [-0.05, 0) is 62.2 Å². The molecule has 0 atom stereocenters. The second kappa shape index (κ2) is 9.80. The predicted molar refractivity (Wildman–Crippen MR) is 118 cm³/mol. The van der Waals surface area contributed by atoms with E-state index in [0.29, 0.717) is 30.9 Å². The quantitative estimate of drug-likeness (QED) is 0.628. The SMILES string of the molecule is CCOC1CCN(C(=O)c2ccc(OC)c(S(=O)(=O)Nc3ccc(Br)cc3)c2)CC1. The summed E-state index contributed by atoms with van der Waals surface area (Å²) in [5, 5.41) is 0. The third-order valence-electron chi connectivity index (χ3n) is 4.93. The molecular weight excluding hydrogens is 472 g/mol. The van der Waals surface area contributed by atoms with Gasteiger partial charge in [0.15, 0.2) is 0 Å². The van der Waals surface area contributed by atoms with Crippen molar-refractivity contribution in [3.8, 4) is 5.75 Å². The summed E-state index contributed by atoms with van der Waals surface area (Å²) in [4.78, 5) is 14.6. The Hall–Kier alpha value is -2.10. The van der Waals surface area contributed by atoms with Crippen molar-refractivity contribution in [2.24, 2.45) is 0 Å². The summed E-state index contributed by atoms with van der Waals surface area (Å²) in [6.07, 6.45) is 1.71. The van der Waals surface area contributed by atoms with E-state index in [1.165, 1.54) is 19.2 Å². The number of piperidine rings is 1. The molecule has 0 saturated carbocycles. The molecule has 1 aliphatic rings. The number of nitrogens with zero attached hydrogens (tertiary/aromatic N) is 1. The number of benzene rings is 2. The lowest BCUT2D eigenvalue weighted by Gasteiger charge is -2.32. The standard InChI is InChI=1S/C21H25BrN2O5S/c1-3-29-18-10-12-24(13-11-18)21(25)15-4-9-19(28-2)20(14-15)30(26,27)23-17-7-5-16(22)6-8-17/h4-9,14,18,23H,3,10-13H2,1-2H3. The molecule has 0 unspecified atom stereocenters. The van der Waals surface area contributed by atoms with Crippen molar-refractivity contribution in [2.75, 3.05) is 31.5 Å². The third-order valence-corrected chi connectivity index (χ3v) is 6.86. The van der Waals surface area contributed by atoms with Crippen LogP contribution in [-0.4, -0.2) is 52.1 Å². The van der Waals surface area contributed by atoms with Crippen molar-refractivity contribution in [1.29, 1.82) is 0 Å². The Balaban J connectivity index is 1.82. The first-order valence-electron chi connectivity index (χ1n) is 9.71. The molecule has 30 heavy (non-hydrogen) atoms. The number of sulfonamides is 1. The van der Waals surface area contributed by atoms with E-state index in [1.54, 1.807) is 35.2 Å². The van der Waals surface area contributed by atoms with Crippen LogP contribution in [0.3, 0.4) is 0 Å². The number of anilines is 1. The third kappa shape index (κ3) is 5.33. The topological polar surface area (TPSA) is 84.9 Å². The van der Waals surface area contributed by atoms with Crippen LogP contribution in [0.15, 0.2) is 51.8 Å². The lowest BCUT2D eigenvalue weighted by atomic mass is 10.1. The van der Waals surface area contributed by atoms with Gasteiger partial charge in [0.2, 0.25) is 0 Å². The second-order valence-electron chi connectivity index (χ2n) is 6.92. The summed E-state index contributed by atoms with van der Waals surface area (Å²) < 4.78 is 40.2. The minimum Gasteiger partial charge on any atom is -0.495 e. The van der Waals surface area contributed by atoms with Crippen molar-refractivity contribution in [1.82, 2.24) is 4.90 Å². The van der Waals surface area contributed by atoms with Gasteiger partial charge in [-0.25, -0.2) is 8.42 Å². The maximum absolute atomic E-state index is 13.0. The maximum Gasteiger partial charge on any atom is 0.265 e. The van der Waals surface area contributed by atoms with Crippen LogP contribution in [0.2, 0.25) is 0 Å². The normalized spacial score (nSPS) is 15.1. The molecular formula is C21H25BrN2O5S. The first kappa shape index (κ1) is 22.6. The zero-order valence-electron chi connectivity index (χ0n) is 16.9. The summed E-state index contributed by atoms with van der Waals surface area (Å²) in [6.45, 7) is 3.77. The van der Waals surface area contributed by atoms with E-state index in [9.17, 15) is 13.2 Å². The van der Waals surface area contributed by atoms with Crippen molar-refractivity contribution in [3.05, 3.63) is 52.5 Å². The number of halogens is 1. The number of nitrogens with one attached hydrogen (secondary N) is 1. The van der Waals surface area contributed by atoms with E-state index in [0.717, 1.165) is 17.3 Å². The van der Waals surface area contributed by atoms with E-state index in [1.807, 2.05) is 6.92 Å². The molecule has 1 aliphatic heterocycles. The van der Waals surface area contributed by atoms with Crippen LogP contribution in [0, 0.1) is 0 Å². The predicted octanol–water partition coefficient (Wildman–Crippen LogP) is 3.90. The van der Waals surface area contributed by atoms with Crippen LogP contribution in [-0.2, 0) is 14.8 Å².